The summed E-state index contributed by atoms with van der Waals surface area (Å²) in [5, 5.41) is 8.05. The van der Waals surface area contributed by atoms with Crippen molar-refractivity contribution in [3.8, 4) is 0 Å². The summed E-state index contributed by atoms with van der Waals surface area (Å²) in [6, 6.07) is 0. The van der Waals surface area contributed by atoms with E-state index >= 15 is 0 Å². The van der Waals surface area contributed by atoms with Gasteiger partial charge in [-0.3, -0.25) is 4.68 Å². The Balaban J connectivity index is 2.19. The summed E-state index contributed by atoms with van der Waals surface area (Å²) in [6.45, 7) is 9.85. The van der Waals surface area contributed by atoms with Crippen LogP contribution < -0.4 is 5.32 Å². The Bertz CT molecular complexity index is 485. The number of hydrogen-bond acceptors (Lipinski definition) is 2. The molecule has 1 fully saturated rings. The molecule has 1 aromatic rings. The fourth-order valence-corrected chi connectivity index (χ4v) is 3.01. The zero-order valence-electron chi connectivity index (χ0n) is 14.4. The molecule has 0 aromatic carbocycles. The van der Waals surface area contributed by atoms with Gasteiger partial charge in [0.05, 0.1) is 6.20 Å². The zero-order chi connectivity index (χ0) is 15.5. The van der Waals surface area contributed by atoms with E-state index in [-0.39, 0.29) is 5.54 Å². The summed E-state index contributed by atoms with van der Waals surface area (Å²) >= 11 is 0. The van der Waals surface area contributed by atoms with Crippen molar-refractivity contribution in [1.29, 1.82) is 0 Å². The van der Waals surface area contributed by atoms with Crippen molar-refractivity contribution < 1.29 is 0 Å². The van der Waals surface area contributed by atoms with Crippen LogP contribution in [0.3, 0.4) is 0 Å². The van der Waals surface area contributed by atoms with Crippen LogP contribution in [0.1, 0.15) is 64.1 Å². The molecule has 1 aliphatic carbocycles. The molecule has 0 amide bonds. The van der Waals surface area contributed by atoms with Crippen molar-refractivity contribution in [2.75, 3.05) is 6.54 Å². The lowest BCUT2D eigenvalue weighted by molar-refractivity contribution is 0.378. The summed E-state index contributed by atoms with van der Waals surface area (Å²) in [7, 11) is 2.01. The topological polar surface area (TPSA) is 29.9 Å². The Morgan fingerprint density at radius 3 is 2.52 bits per heavy atom. The van der Waals surface area contributed by atoms with E-state index in [0.29, 0.717) is 0 Å². The van der Waals surface area contributed by atoms with Crippen molar-refractivity contribution in [1.82, 2.24) is 15.1 Å². The standard InChI is InChI=1S/C18H31N3/c1-14-16(13-20-21(14)5)11-17(12-19-18(2,3)4)15-9-7-6-8-10-15/h11,13,15,19H,6-10,12H2,1-5H3/b17-11-. The second-order valence-corrected chi connectivity index (χ2v) is 7.47. The van der Waals surface area contributed by atoms with E-state index in [1.807, 2.05) is 17.9 Å². The monoisotopic (exact) mass is 289 g/mol. The predicted molar refractivity (Wildman–Crippen MR) is 90.3 cm³/mol. The molecular formula is C18H31N3. The van der Waals surface area contributed by atoms with Gasteiger partial charge in [0.2, 0.25) is 0 Å². The highest BCUT2D eigenvalue weighted by molar-refractivity contribution is 5.55. The number of rotatable bonds is 4. The van der Waals surface area contributed by atoms with Crippen LogP contribution in [0.15, 0.2) is 11.8 Å². The van der Waals surface area contributed by atoms with Gasteiger partial charge >= 0.3 is 0 Å². The maximum atomic E-state index is 4.37. The molecular weight excluding hydrogens is 258 g/mol. The fourth-order valence-electron chi connectivity index (χ4n) is 3.01. The van der Waals surface area contributed by atoms with Gasteiger partial charge in [0.15, 0.2) is 0 Å². The molecule has 1 heterocycles. The van der Waals surface area contributed by atoms with Gasteiger partial charge in [-0.25, -0.2) is 0 Å². The second kappa shape index (κ2) is 6.78. The van der Waals surface area contributed by atoms with Gasteiger partial charge in [-0.1, -0.05) is 30.9 Å². The van der Waals surface area contributed by atoms with Crippen molar-refractivity contribution in [3.63, 3.8) is 0 Å². The van der Waals surface area contributed by atoms with Gasteiger partial charge in [0.25, 0.3) is 0 Å². The minimum atomic E-state index is 0.164. The summed E-state index contributed by atoms with van der Waals surface area (Å²) < 4.78 is 1.96. The van der Waals surface area contributed by atoms with Gasteiger partial charge in [0, 0.05) is 30.4 Å². The lowest BCUT2D eigenvalue weighted by Crippen LogP contribution is -2.38. The normalized spacial score (nSPS) is 18.2. The predicted octanol–water partition coefficient (Wildman–Crippen LogP) is 4.08. The number of hydrogen-bond donors (Lipinski definition) is 1. The van der Waals surface area contributed by atoms with Crippen molar-refractivity contribution in [2.24, 2.45) is 13.0 Å². The number of nitrogens with zero attached hydrogens (tertiary/aromatic N) is 2. The summed E-state index contributed by atoms with van der Waals surface area (Å²) in [5.74, 6) is 0.744. The van der Waals surface area contributed by atoms with Crippen LogP contribution in [0.2, 0.25) is 0 Å². The first-order valence-electron chi connectivity index (χ1n) is 8.31. The molecule has 3 nitrogen and oxygen atoms in total. The van der Waals surface area contributed by atoms with E-state index in [1.165, 1.54) is 43.4 Å². The Kier molecular flexibility index (Phi) is 5.26. The lowest BCUT2D eigenvalue weighted by atomic mass is 9.82. The Labute approximate surface area is 129 Å². The molecule has 0 atom stereocenters. The number of aromatic nitrogens is 2. The smallest absolute Gasteiger partial charge is 0.0564 e. The van der Waals surface area contributed by atoms with Crippen molar-refractivity contribution in [3.05, 3.63) is 23.0 Å². The highest BCUT2D eigenvalue weighted by Gasteiger charge is 2.20. The molecule has 0 aliphatic heterocycles. The average Bonchev–Trinajstić information content (AvgIpc) is 2.75. The highest BCUT2D eigenvalue weighted by atomic mass is 15.3. The van der Waals surface area contributed by atoms with Gasteiger partial charge in [-0.15, -0.1) is 0 Å². The fraction of sp³-hybridized carbons (Fsp3) is 0.722. The van der Waals surface area contributed by atoms with Crippen LogP contribution in [0.4, 0.5) is 0 Å². The molecule has 1 N–H and O–H groups in total. The van der Waals surface area contributed by atoms with Gasteiger partial charge in [0.1, 0.15) is 0 Å². The highest BCUT2D eigenvalue weighted by Crippen LogP contribution is 2.31. The maximum Gasteiger partial charge on any atom is 0.0564 e. The molecule has 0 bridgehead atoms. The van der Waals surface area contributed by atoms with E-state index in [4.69, 9.17) is 0 Å². The van der Waals surface area contributed by atoms with Crippen LogP contribution in [0.5, 0.6) is 0 Å². The molecule has 1 aliphatic rings. The van der Waals surface area contributed by atoms with Crippen LogP contribution in [-0.2, 0) is 7.05 Å². The Morgan fingerprint density at radius 1 is 1.33 bits per heavy atom. The number of aryl methyl sites for hydroxylation is 1. The third kappa shape index (κ3) is 4.70. The molecule has 0 radical (unpaired) electrons. The lowest BCUT2D eigenvalue weighted by Gasteiger charge is -2.28. The summed E-state index contributed by atoms with van der Waals surface area (Å²) in [4.78, 5) is 0. The quantitative estimate of drug-likeness (QED) is 0.905. The summed E-state index contributed by atoms with van der Waals surface area (Å²) in [5.41, 5.74) is 4.24. The second-order valence-electron chi connectivity index (χ2n) is 7.47. The molecule has 1 saturated carbocycles. The van der Waals surface area contributed by atoms with Gasteiger partial charge in [-0.05, 0) is 46.5 Å². The van der Waals surface area contributed by atoms with Gasteiger partial charge < -0.3 is 5.32 Å². The number of nitrogens with one attached hydrogen (secondary N) is 1. The summed E-state index contributed by atoms with van der Waals surface area (Å²) in [6.07, 6.45) is 11.2. The molecule has 21 heavy (non-hydrogen) atoms. The van der Waals surface area contributed by atoms with E-state index in [1.54, 1.807) is 5.57 Å². The molecule has 0 unspecified atom stereocenters. The minimum absolute atomic E-state index is 0.164. The molecule has 1 aromatic heterocycles. The van der Waals surface area contributed by atoms with Crippen LogP contribution in [0.25, 0.3) is 6.08 Å². The van der Waals surface area contributed by atoms with Gasteiger partial charge in [-0.2, -0.15) is 5.10 Å². The SMILES string of the molecule is Cc1c(/C=C(/CNC(C)(C)C)C2CCCCC2)cnn1C. The third-order valence-corrected chi connectivity index (χ3v) is 4.57. The van der Waals surface area contributed by atoms with Crippen LogP contribution in [0, 0.1) is 12.8 Å². The first kappa shape index (κ1) is 16.3. The molecule has 118 valence electrons. The van der Waals surface area contributed by atoms with E-state index in [9.17, 15) is 0 Å². The largest absolute Gasteiger partial charge is 0.308 e. The van der Waals surface area contributed by atoms with Crippen molar-refractivity contribution >= 4 is 6.08 Å². The first-order valence-corrected chi connectivity index (χ1v) is 8.31. The minimum Gasteiger partial charge on any atom is -0.308 e. The molecule has 2 rings (SSSR count). The molecule has 0 spiro atoms. The van der Waals surface area contributed by atoms with E-state index in [0.717, 1.165) is 12.5 Å². The average molecular weight is 289 g/mol. The molecule has 0 saturated heterocycles. The molecule has 3 heteroatoms. The maximum absolute atomic E-state index is 4.37. The Hall–Kier alpha value is -1.09. The Morgan fingerprint density at radius 2 is 2.00 bits per heavy atom. The van der Waals surface area contributed by atoms with Crippen LogP contribution in [-0.4, -0.2) is 21.9 Å². The first-order chi connectivity index (χ1) is 9.87. The van der Waals surface area contributed by atoms with Crippen molar-refractivity contribution in [2.45, 2.75) is 65.3 Å². The van der Waals surface area contributed by atoms with Crippen LogP contribution >= 0.6 is 0 Å². The zero-order valence-corrected chi connectivity index (χ0v) is 14.4. The van der Waals surface area contributed by atoms with E-state index in [2.05, 4.69) is 44.2 Å². The third-order valence-electron chi connectivity index (χ3n) is 4.57. The van der Waals surface area contributed by atoms with E-state index < -0.39 is 0 Å².